The molecular weight excluding hydrogens is 388 g/mol. The number of carbonyl (C=O) groups excluding carboxylic acids is 1. The standard InChI is InChI=1S/C14H11BrN2O5S/c1-8-6-12(18)13(15)9(2)14(8)16-23(21,22)11-5-3-4-10(7-11)17(19)20/h3-7H,1-2H3. The molecule has 0 amide bonds. The highest BCUT2D eigenvalue weighted by Gasteiger charge is 2.24. The Labute approximate surface area is 140 Å². The van der Waals surface area contributed by atoms with Crippen molar-refractivity contribution in [3.63, 3.8) is 0 Å². The van der Waals surface area contributed by atoms with Crippen LogP contribution in [-0.2, 0) is 14.8 Å². The zero-order valence-electron chi connectivity index (χ0n) is 12.1. The van der Waals surface area contributed by atoms with Gasteiger partial charge in [0.25, 0.3) is 15.7 Å². The number of nitrogens with zero attached hydrogens (tertiary/aromatic N) is 2. The van der Waals surface area contributed by atoms with Crippen LogP contribution in [0.1, 0.15) is 13.8 Å². The summed E-state index contributed by atoms with van der Waals surface area (Å²) in [5, 5.41) is 10.8. The monoisotopic (exact) mass is 398 g/mol. The van der Waals surface area contributed by atoms with Crippen molar-refractivity contribution >= 4 is 43.1 Å². The first-order valence-electron chi connectivity index (χ1n) is 6.32. The Morgan fingerprint density at radius 3 is 2.52 bits per heavy atom. The fourth-order valence-corrected chi connectivity index (χ4v) is 3.43. The molecule has 7 nitrogen and oxygen atoms in total. The normalized spacial score (nSPS) is 17.4. The number of nitro groups is 1. The highest BCUT2D eigenvalue weighted by Crippen LogP contribution is 2.26. The van der Waals surface area contributed by atoms with Crippen LogP contribution in [-0.4, -0.2) is 24.8 Å². The molecule has 0 unspecified atom stereocenters. The Kier molecular flexibility index (Phi) is 4.62. The molecule has 1 aliphatic carbocycles. The number of sulfonamides is 1. The topological polar surface area (TPSA) is 107 Å². The second-order valence-electron chi connectivity index (χ2n) is 4.80. The fraction of sp³-hybridized carbons (Fsp3) is 0.143. The molecule has 0 saturated carbocycles. The van der Waals surface area contributed by atoms with Crippen molar-refractivity contribution in [1.82, 2.24) is 0 Å². The largest absolute Gasteiger partial charge is 0.289 e. The van der Waals surface area contributed by atoms with Gasteiger partial charge in [0.15, 0.2) is 5.78 Å². The van der Waals surface area contributed by atoms with Crippen molar-refractivity contribution in [2.24, 2.45) is 4.40 Å². The van der Waals surface area contributed by atoms with Gasteiger partial charge in [-0.25, -0.2) is 0 Å². The van der Waals surface area contributed by atoms with E-state index in [4.69, 9.17) is 0 Å². The maximum absolute atomic E-state index is 12.4. The molecule has 1 aliphatic rings. The van der Waals surface area contributed by atoms with Gasteiger partial charge in [-0.3, -0.25) is 14.9 Å². The van der Waals surface area contributed by atoms with E-state index in [1.54, 1.807) is 13.8 Å². The fourth-order valence-electron chi connectivity index (χ4n) is 1.98. The summed E-state index contributed by atoms with van der Waals surface area (Å²) in [6.07, 6.45) is 1.28. The van der Waals surface area contributed by atoms with E-state index in [1.165, 1.54) is 24.3 Å². The molecule has 2 rings (SSSR count). The number of hydrogen-bond acceptors (Lipinski definition) is 5. The van der Waals surface area contributed by atoms with Crippen molar-refractivity contribution in [1.29, 1.82) is 0 Å². The minimum Gasteiger partial charge on any atom is -0.289 e. The lowest BCUT2D eigenvalue weighted by atomic mass is 9.98. The van der Waals surface area contributed by atoms with Crippen molar-refractivity contribution in [2.45, 2.75) is 18.7 Å². The zero-order chi connectivity index (χ0) is 17.4. The molecule has 23 heavy (non-hydrogen) atoms. The second-order valence-corrected chi connectivity index (χ2v) is 7.20. The minimum absolute atomic E-state index is 0.142. The summed E-state index contributed by atoms with van der Waals surface area (Å²) >= 11 is 3.10. The van der Waals surface area contributed by atoms with Gasteiger partial charge in [0.05, 0.1) is 20.0 Å². The van der Waals surface area contributed by atoms with Gasteiger partial charge in [-0.1, -0.05) is 6.07 Å². The highest BCUT2D eigenvalue weighted by atomic mass is 79.9. The van der Waals surface area contributed by atoms with E-state index in [1.807, 2.05) is 0 Å². The molecule has 1 aromatic carbocycles. The van der Waals surface area contributed by atoms with E-state index in [2.05, 4.69) is 20.3 Å². The maximum Gasteiger partial charge on any atom is 0.283 e. The number of hydrogen-bond donors (Lipinski definition) is 0. The number of ketones is 1. The van der Waals surface area contributed by atoms with Gasteiger partial charge in [-0.05, 0) is 53.1 Å². The molecule has 9 heteroatoms. The van der Waals surface area contributed by atoms with Crippen LogP contribution >= 0.6 is 15.9 Å². The summed E-state index contributed by atoms with van der Waals surface area (Å²) in [5.41, 5.74) is 0.600. The molecule has 0 saturated heterocycles. The van der Waals surface area contributed by atoms with Gasteiger partial charge in [-0.15, -0.1) is 0 Å². The number of rotatable bonds is 3. The van der Waals surface area contributed by atoms with E-state index in [0.717, 1.165) is 6.07 Å². The van der Waals surface area contributed by atoms with E-state index < -0.39 is 14.9 Å². The molecule has 0 aromatic heterocycles. The van der Waals surface area contributed by atoms with Crippen molar-refractivity contribution in [2.75, 3.05) is 0 Å². The van der Waals surface area contributed by atoms with Crippen molar-refractivity contribution in [3.8, 4) is 0 Å². The highest BCUT2D eigenvalue weighted by molar-refractivity contribution is 9.12. The predicted octanol–water partition coefficient (Wildman–Crippen LogP) is 2.92. The van der Waals surface area contributed by atoms with E-state index in [0.29, 0.717) is 11.1 Å². The smallest absolute Gasteiger partial charge is 0.283 e. The molecule has 0 heterocycles. The summed E-state index contributed by atoms with van der Waals surface area (Å²) in [7, 11) is -4.15. The van der Waals surface area contributed by atoms with Gasteiger partial charge in [0.1, 0.15) is 0 Å². The van der Waals surface area contributed by atoms with Crippen molar-refractivity contribution < 1.29 is 18.1 Å². The molecule has 0 N–H and O–H groups in total. The number of halogens is 1. The second kappa shape index (κ2) is 6.17. The lowest BCUT2D eigenvalue weighted by Crippen LogP contribution is -2.16. The predicted molar refractivity (Wildman–Crippen MR) is 88.1 cm³/mol. The van der Waals surface area contributed by atoms with Crippen molar-refractivity contribution in [3.05, 3.63) is 56.1 Å². The molecule has 0 fully saturated rings. The van der Waals surface area contributed by atoms with Crippen LogP contribution in [0.3, 0.4) is 0 Å². The van der Waals surface area contributed by atoms with Gasteiger partial charge < -0.3 is 0 Å². The Morgan fingerprint density at radius 2 is 1.91 bits per heavy atom. The summed E-state index contributed by atoms with van der Waals surface area (Å²) in [5.74, 6) is -0.272. The third-order valence-electron chi connectivity index (χ3n) is 3.16. The summed E-state index contributed by atoms with van der Waals surface area (Å²) < 4.78 is 28.8. The SMILES string of the molecule is CC1=CC(=O)C(Br)=C(C)C1=NS(=O)(=O)c1cccc([N+](=O)[O-])c1. The van der Waals surface area contributed by atoms with Gasteiger partial charge in [-0.2, -0.15) is 12.8 Å². The summed E-state index contributed by atoms with van der Waals surface area (Å²) in [6.45, 7) is 3.14. The summed E-state index contributed by atoms with van der Waals surface area (Å²) in [6, 6.07) is 4.64. The molecule has 1 aromatic rings. The van der Waals surface area contributed by atoms with Crippen LogP contribution in [0, 0.1) is 10.1 Å². The third-order valence-corrected chi connectivity index (χ3v) is 5.42. The molecular formula is C14H11BrN2O5S. The minimum atomic E-state index is -4.15. The number of carbonyl (C=O) groups is 1. The van der Waals surface area contributed by atoms with Crippen LogP contribution in [0.5, 0.6) is 0 Å². The van der Waals surface area contributed by atoms with Crippen LogP contribution in [0.25, 0.3) is 0 Å². The van der Waals surface area contributed by atoms with E-state index in [9.17, 15) is 23.3 Å². The lowest BCUT2D eigenvalue weighted by molar-refractivity contribution is -0.385. The first-order valence-corrected chi connectivity index (χ1v) is 8.56. The van der Waals surface area contributed by atoms with Crippen LogP contribution in [0.4, 0.5) is 5.69 Å². The molecule has 0 radical (unpaired) electrons. The Morgan fingerprint density at radius 1 is 1.26 bits per heavy atom. The van der Waals surface area contributed by atoms with Gasteiger partial charge >= 0.3 is 0 Å². The average molecular weight is 399 g/mol. The van der Waals surface area contributed by atoms with Gasteiger partial charge in [0.2, 0.25) is 0 Å². The molecule has 0 spiro atoms. The Hall–Kier alpha value is -2.13. The molecule has 0 aliphatic heterocycles. The lowest BCUT2D eigenvalue weighted by Gasteiger charge is -2.14. The first kappa shape index (κ1) is 17.2. The van der Waals surface area contributed by atoms with Crippen LogP contribution in [0.15, 0.2) is 55.3 Å². The maximum atomic E-state index is 12.4. The first-order chi connectivity index (χ1) is 10.6. The zero-order valence-corrected chi connectivity index (χ0v) is 14.5. The van der Waals surface area contributed by atoms with Crippen LogP contribution < -0.4 is 0 Å². The number of nitro benzene ring substituents is 1. The van der Waals surface area contributed by atoms with Crippen LogP contribution in [0.2, 0.25) is 0 Å². The Bertz CT molecular complexity index is 913. The molecule has 0 atom stereocenters. The molecule has 0 bridgehead atoms. The average Bonchev–Trinajstić information content (AvgIpc) is 2.49. The van der Waals surface area contributed by atoms with Gasteiger partial charge in [0, 0.05) is 12.1 Å². The third kappa shape index (κ3) is 3.45. The number of non-ortho nitro benzene ring substituents is 1. The number of allylic oxidation sites excluding steroid dienone is 4. The van der Waals surface area contributed by atoms with E-state index in [-0.39, 0.29) is 26.6 Å². The molecule has 120 valence electrons. The number of benzene rings is 1. The van der Waals surface area contributed by atoms with E-state index >= 15 is 0 Å². The quantitative estimate of drug-likeness (QED) is 0.441. The Balaban J connectivity index is 2.57. The summed E-state index contributed by atoms with van der Waals surface area (Å²) in [4.78, 5) is 21.5.